The van der Waals surface area contributed by atoms with E-state index in [9.17, 15) is 13.2 Å². The quantitative estimate of drug-likeness (QED) is 0.374. The van der Waals surface area contributed by atoms with E-state index in [1.807, 2.05) is 61.5 Å². The summed E-state index contributed by atoms with van der Waals surface area (Å²) in [5, 5.41) is 3.93. The second-order valence-corrected chi connectivity index (χ2v) is 9.77. The molecular weight excluding hydrogens is 478 g/mol. The van der Waals surface area contributed by atoms with Crippen molar-refractivity contribution in [1.29, 1.82) is 0 Å². The molecule has 1 amide bonds. The van der Waals surface area contributed by atoms with Gasteiger partial charge in [0.05, 0.1) is 17.7 Å². The molecule has 6 nitrogen and oxygen atoms in total. The number of halogens is 1. The molecule has 31 heavy (non-hydrogen) atoms. The lowest BCUT2D eigenvalue weighted by Crippen LogP contribution is -2.39. The molecule has 0 heterocycles. The van der Waals surface area contributed by atoms with E-state index in [0.29, 0.717) is 0 Å². The van der Waals surface area contributed by atoms with Crippen molar-refractivity contribution >= 4 is 38.1 Å². The van der Waals surface area contributed by atoms with E-state index in [-0.39, 0.29) is 18.0 Å². The number of benzene rings is 3. The lowest BCUT2D eigenvalue weighted by Gasteiger charge is -2.21. The topological polar surface area (TPSA) is 78.8 Å². The van der Waals surface area contributed by atoms with Crippen molar-refractivity contribution in [3.8, 4) is 0 Å². The molecule has 0 aliphatic heterocycles. The number of hydrogen-bond donors (Lipinski definition) is 1. The third-order valence-electron chi connectivity index (χ3n) is 4.45. The highest BCUT2D eigenvalue weighted by Crippen LogP contribution is 2.20. The Balaban J connectivity index is 1.79. The smallest absolute Gasteiger partial charge is 0.255 e. The number of hydrogen-bond acceptors (Lipinski definition) is 4. The van der Waals surface area contributed by atoms with Gasteiger partial charge < -0.3 is 0 Å². The minimum Gasteiger partial charge on any atom is -0.272 e. The van der Waals surface area contributed by atoms with Gasteiger partial charge in [0.15, 0.2) is 0 Å². The van der Waals surface area contributed by atoms with Crippen molar-refractivity contribution in [2.24, 2.45) is 5.10 Å². The van der Waals surface area contributed by atoms with Crippen LogP contribution in [0.2, 0.25) is 0 Å². The van der Waals surface area contributed by atoms with Crippen molar-refractivity contribution < 1.29 is 13.2 Å². The number of aryl methyl sites for hydroxylation is 1. The predicted molar refractivity (Wildman–Crippen MR) is 125 cm³/mol. The predicted octanol–water partition coefficient (Wildman–Crippen LogP) is 4.10. The molecule has 1 N–H and O–H groups in total. The SMILES string of the molecule is Cc1ccc(S(=O)(=O)N(CC(=O)N/N=C\c2ccccc2)Cc2ccc(Br)cc2)cc1. The summed E-state index contributed by atoms with van der Waals surface area (Å²) in [6, 6.07) is 23.1. The van der Waals surface area contributed by atoms with E-state index in [1.54, 1.807) is 24.3 Å². The third kappa shape index (κ3) is 6.58. The fourth-order valence-electron chi connectivity index (χ4n) is 2.79. The summed E-state index contributed by atoms with van der Waals surface area (Å²) in [5.74, 6) is -0.528. The van der Waals surface area contributed by atoms with Gasteiger partial charge in [0.25, 0.3) is 5.91 Å². The maximum absolute atomic E-state index is 13.2. The average molecular weight is 500 g/mol. The van der Waals surface area contributed by atoms with Crippen molar-refractivity contribution in [3.63, 3.8) is 0 Å². The van der Waals surface area contributed by atoms with Crippen molar-refractivity contribution in [3.05, 3.63) is 100 Å². The summed E-state index contributed by atoms with van der Waals surface area (Å²) in [4.78, 5) is 12.6. The van der Waals surface area contributed by atoms with E-state index in [1.165, 1.54) is 6.21 Å². The maximum atomic E-state index is 13.2. The lowest BCUT2D eigenvalue weighted by molar-refractivity contribution is -0.121. The van der Waals surface area contributed by atoms with Crippen molar-refractivity contribution in [2.45, 2.75) is 18.4 Å². The first-order chi connectivity index (χ1) is 14.8. The first-order valence-corrected chi connectivity index (χ1v) is 11.8. The molecule has 8 heteroatoms. The van der Waals surface area contributed by atoms with Gasteiger partial charge in [0, 0.05) is 11.0 Å². The number of nitrogens with zero attached hydrogens (tertiary/aromatic N) is 2. The van der Waals surface area contributed by atoms with E-state index in [4.69, 9.17) is 0 Å². The van der Waals surface area contributed by atoms with Crippen molar-refractivity contribution in [1.82, 2.24) is 9.73 Å². The second-order valence-electron chi connectivity index (χ2n) is 6.92. The van der Waals surface area contributed by atoms with E-state index in [0.717, 1.165) is 25.5 Å². The molecule has 0 aliphatic carbocycles. The van der Waals surface area contributed by atoms with E-state index < -0.39 is 15.9 Å². The minimum atomic E-state index is -3.89. The Morgan fingerprint density at radius 2 is 1.65 bits per heavy atom. The summed E-state index contributed by atoms with van der Waals surface area (Å²) in [6.07, 6.45) is 1.51. The molecular formula is C23H22BrN3O3S. The summed E-state index contributed by atoms with van der Waals surface area (Å²) in [5.41, 5.74) is 4.94. The zero-order valence-corrected chi connectivity index (χ0v) is 19.3. The first-order valence-electron chi connectivity index (χ1n) is 9.53. The van der Waals surface area contributed by atoms with Gasteiger partial charge in [-0.1, -0.05) is 76.1 Å². The Labute approximate surface area is 190 Å². The number of carbonyl (C=O) groups is 1. The van der Waals surface area contributed by atoms with Crippen molar-refractivity contribution in [2.75, 3.05) is 6.54 Å². The van der Waals surface area contributed by atoms with Crippen LogP contribution in [0.25, 0.3) is 0 Å². The molecule has 0 spiro atoms. The van der Waals surface area contributed by atoms with Gasteiger partial charge in [0.2, 0.25) is 10.0 Å². The van der Waals surface area contributed by atoms with Crippen LogP contribution in [0.15, 0.2) is 93.3 Å². The Bertz CT molecular complexity index is 1150. The Hall–Kier alpha value is -2.81. The molecule has 0 bridgehead atoms. The molecule has 0 aliphatic rings. The number of carbonyl (C=O) groups excluding carboxylic acids is 1. The van der Waals surface area contributed by atoms with Crippen LogP contribution in [0, 0.1) is 6.92 Å². The van der Waals surface area contributed by atoms with E-state index in [2.05, 4.69) is 26.5 Å². The molecule has 0 saturated heterocycles. The van der Waals surface area contributed by atoms with Crippen LogP contribution >= 0.6 is 15.9 Å². The Morgan fingerprint density at radius 1 is 1.00 bits per heavy atom. The second kappa shape index (κ2) is 10.5. The molecule has 0 unspecified atom stereocenters. The lowest BCUT2D eigenvalue weighted by atomic mass is 10.2. The van der Waals surface area contributed by atoms with Gasteiger partial charge in [-0.05, 0) is 42.3 Å². The van der Waals surface area contributed by atoms with Gasteiger partial charge in [0.1, 0.15) is 0 Å². The monoisotopic (exact) mass is 499 g/mol. The number of amides is 1. The third-order valence-corrected chi connectivity index (χ3v) is 6.79. The molecule has 0 aromatic heterocycles. The Kier molecular flexibility index (Phi) is 7.73. The van der Waals surface area contributed by atoms with Gasteiger partial charge in [-0.25, -0.2) is 13.8 Å². The van der Waals surface area contributed by atoms with Crippen LogP contribution in [-0.4, -0.2) is 31.4 Å². The molecule has 3 aromatic rings. The molecule has 0 fully saturated rings. The van der Waals surface area contributed by atoms with Crippen LogP contribution < -0.4 is 5.43 Å². The fourth-order valence-corrected chi connectivity index (χ4v) is 4.44. The maximum Gasteiger partial charge on any atom is 0.255 e. The summed E-state index contributed by atoms with van der Waals surface area (Å²) in [7, 11) is -3.89. The fraction of sp³-hybridized carbons (Fsp3) is 0.130. The zero-order chi connectivity index (χ0) is 22.3. The van der Waals surface area contributed by atoms with Gasteiger partial charge >= 0.3 is 0 Å². The van der Waals surface area contributed by atoms with Crippen LogP contribution in [0.1, 0.15) is 16.7 Å². The standard InChI is InChI=1S/C23H22BrN3O3S/c1-18-7-13-22(14-8-18)31(29,30)27(16-20-9-11-21(24)12-10-20)17-23(28)26-25-15-19-5-3-2-4-6-19/h2-15H,16-17H2,1H3,(H,26,28)/b25-15-. The normalized spacial score (nSPS) is 11.7. The highest BCUT2D eigenvalue weighted by atomic mass is 79.9. The number of rotatable bonds is 8. The molecule has 3 rings (SSSR count). The number of sulfonamides is 1. The zero-order valence-electron chi connectivity index (χ0n) is 16.9. The van der Waals surface area contributed by atoms with Crippen LogP contribution in [0.5, 0.6) is 0 Å². The summed E-state index contributed by atoms with van der Waals surface area (Å²) >= 11 is 3.37. The summed E-state index contributed by atoms with van der Waals surface area (Å²) in [6.45, 7) is 1.58. The highest BCUT2D eigenvalue weighted by molar-refractivity contribution is 9.10. The molecule has 0 saturated carbocycles. The molecule has 0 radical (unpaired) electrons. The first kappa shape index (κ1) is 22.9. The minimum absolute atomic E-state index is 0.0549. The Morgan fingerprint density at radius 3 is 2.29 bits per heavy atom. The molecule has 160 valence electrons. The van der Waals surface area contributed by atoms with Crippen LogP contribution in [0.4, 0.5) is 0 Å². The summed E-state index contributed by atoms with van der Waals surface area (Å²) < 4.78 is 28.5. The van der Waals surface area contributed by atoms with Crippen LogP contribution in [0.3, 0.4) is 0 Å². The van der Waals surface area contributed by atoms with Gasteiger partial charge in [-0.15, -0.1) is 0 Å². The highest BCUT2D eigenvalue weighted by Gasteiger charge is 2.26. The number of nitrogens with one attached hydrogen (secondary N) is 1. The van der Waals surface area contributed by atoms with Crippen LogP contribution in [-0.2, 0) is 21.4 Å². The van der Waals surface area contributed by atoms with Gasteiger partial charge in [-0.2, -0.15) is 9.41 Å². The van der Waals surface area contributed by atoms with Gasteiger partial charge in [-0.3, -0.25) is 4.79 Å². The molecule has 0 atom stereocenters. The number of hydrazone groups is 1. The molecule has 3 aromatic carbocycles. The van der Waals surface area contributed by atoms with E-state index >= 15 is 0 Å². The largest absolute Gasteiger partial charge is 0.272 e. The average Bonchev–Trinajstić information content (AvgIpc) is 2.76.